The minimum Gasteiger partial charge on any atom is -0.379 e. The van der Waals surface area contributed by atoms with Crippen LogP contribution in [-0.4, -0.2) is 47.0 Å². The fourth-order valence-electron chi connectivity index (χ4n) is 3.24. The van der Waals surface area contributed by atoms with Gasteiger partial charge in [0, 0.05) is 32.9 Å². The Morgan fingerprint density at radius 3 is 2.88 bits per heavy atom. The zero-order valence-corrected chi connectivity index (χ0v) is 15.1. The Bertz CT molecular complexity index is 728. The number of rotatable bonds is 4. The molecule has 1 saturated heterocycles. The molecule has 0 unspecified atom stereocenters. The highest BCUT2D eigenvalue weighted by molar-refractivity contribution is 5.74. The Morgan fingerprint density at radius 1 is 1.36 bits per heavy atom. The van der Waals surface area contributed by atoms with Gasteiger partial charge >= 0.3 is 6.03 Å². The van der Waals surface area contributed by atoms with E-state index in [1.165, 1.54) is 0 Å². The molecule has 1 aliphatic rings. The lowest BCUT2D eigenvalue weighted by atomic mass is 9.96. The van der Waals surface area contributed by atoms with Crippen LogP contribution in [0, 0.1) is 12.8 Å². The fraction of sp³-hybridized carbons (Fsp3) is 0.474. The lowest BCUT2D eigenvalue weighted by molar-refractivity contribution is 0.00714. The smallest absolute Gasteiger partial charge is 0.317 e. The van der Waals surface area contributed by atoms with Crippen molar-refractivity contribution in [2.24, 2.45) is 5.92 Å². The number of aryl methyl sites for hydroxylation is 1. The van der Waals surface area contributed by atoms with Crippen molar-refractivity contribution < 1.29 is 9.53 Å². The van der Waals surface area contributed by atoms with E-state index >= 15 is 0 Å². The molecule has 134 valence electrons. The number of carbonyl (C=O) groups is 1. The highest BCUT2D eigenvalue weighted by atomic mass is 16.5. The van der Waals surface area contributed by atoms with Gasteiger partial charge in [-0.05, 0) is 37.0 Å². The topological polar surface area (TPSA) is 59.4 Å². The predicted molar refractivity (Wildman–Crippen MR) is 96.7 cm³/mol. The summed E-state index contributed by atoms with van der Waals surface area (Å²) in [5, 5.41) is 7.50. The monoisotopic (exact) mass is 342 g/mol. The average molecular weight is 342 g/mol. The van der Waals surface area contributed by atoms with Crippen molar-refractivity contribution >= 4 is 6.03 Å². The lowest BCUT2D eigenvalue weighted by Crippen LogP contribution is -2.50. The van der Waals surface area contributed by atoms with E-state index in [1.54, 1.807) is 7.11 Å². The van der Waals surface area contributed by atoms with Gasteiger partial charge in [0.2, 0.25) is 0 Å². The van der Waals surface area contributed by atoms with Crippen molar-refractivity contribution in [2.45, 2.75) is 32.9 Å². The first-order valence-electron chi connectivity index (χ1n) is 8.74. The molecule has 2 aromatic rings. The Morgan fingerprint density at radius 2 is 2.16 bits per heavy atom. The van der Waals surface area contributed by atoms with Gasteiger partial charge in [0.25, 0.3) is 0 Å². The molecule has 6 nitrogen and oxygen atoms in total. The number of likely N-dealkylation sites (tertiary alicyclic amines) is 1. The van der Waals surface area contributed by atoms with Crippen molar-refractivity contribution in [3.8, 4) is 5.69 Å². The second-order valence-corrected chi connectivity index (χ2v) is 6.68. The number of piperidine rings is 1. The standard InChI is InChI=1S/C19H26N4O2/c1-14-8-10-22(13-18(14)25-3)19(24)20-12-16-6-4-5-7-17(16)23-11-9-15(2)21-23/h4-7,9,11,14,18H,8,10,12-13H2,1-3H3,(H,20,24)/t14-,18-/m0/s1. The first kappa shape index (κ1) is 17.5. The summed E-state index contributed by atoms with van der Waals surface area (Å²) >= 11 is 0. The molecule has 25 heavy (non-hydrogen) atoms. The molecule has 6 heteroatoms. The summed E-state index contributed by atoms with van der Waals surface area (Å²) in [5.41, 5.74) is 2.98. The van der Waals surface area contributed by atoms with Crippen LogP contribution in [0.1, 0.15) is 24.6 Å². The number of benzene rings is 1. The maximum absolute atomic E-state index is 12.5. The Labute approximate surface area is 148 Å². The van der Waals surface area contributed by atoms with Gasteiger partial charge < -0.3 is 15.0 Å². The highest BCUT2D eigenvalue weighted by Gasteiger charge is 2.28. The van der Waals surface area contributed by atoms with Gasteiger partial charge in [-0.25, -0.2) is 9.48 Å². The van der Waals surface area contributed by atoms with Gasteiger partial charge in [-0.1, -0.05) is 25.1 Å². The zero-order valence-electron chi connectivity index (χ0n) is 15.1. The van der Waals surface area contributed by atoms with Crippen LogP contribution in [0.3, 0.4) is 0 Å². The molecule has 1 aromatic heterocycles. The first-order valence-corrected chi connectivity index (χ1v) is 8.74. The van der Waals surface area contributed by atoms with E-state index in [4.69, 9.17) is 4.74 Å². The second-order valence-electron chi connectivity index (χ2n) is 6.68. The molecule has 3 rings (SSSR count). The third-order valence-corrected chi connectivity index (χ3v) is 4.87. The largest absolute Gasteiger partial charge is 0.379 e. The van der Waals surface area contributed by atoms with Crippen LogP contribution in [0.15, 0.2) is 36.5 Å². The van der Waals surface area contributed by atoms with E-state index in [0.717, 1.165) is 29.9 Å². The van der Waals surface area contributed by atoms with Crippen molar-refractivity contribution in [2.75, 3.05) is 20.2 Å². The van der Waals surface area contributed by atoms with Gasteiger partial charge in [0.1, 0.15) is 0 Å². The fourth-order valence-corrected chi connectivity index (χ4v) is 3.24. The number of hydrogen-bond donors (Lipinski definition) is 1. The molecule has 0 radical (unpaired) electrons. The summed E-state index contributed by atoms with van der Waals surface area (Å²) in [6, 6.07) is 9.91. The number of carbonyl (C=O) groups excluding carboxylic acids is 1. The molecule has 1 fully saturated rings. The zero-order chi connectivity index (χ0) is 17.8. The SMILES string of the molecule is CO[C@H]1CN(C(=O)NCc2ccccc2-n2ccc(C)n2)CC[C@@H]1C. The van der Waals surface area contributed by atoms with E-state index in [0.29, 0.717) is 19.0 Å². The summed E-state index contributed by atoms with van der Waals surface area (Å²) in [5.74, 6) is 0.484. The van der Waals surface area contributed by atoms with Crippen LogP contribution in [0.25, 0.3) is 5.69 Å². The molecular formula is C19H26N4O2. The number of aromatic nitrogens is 2. The molecule has 0 bridgehead atoms. The number of ether oxygens (including phenoxy) is 1. The maximum Gasteiger partial charge on any atom is 0.317 e. The number of hydrogen-bond acceptors (Lipinski definition) is 3. The molecule has 0 saturated carbocycles. The third kappa shape index (κ3) is 4.02. The average Bonchev–Trinajstić information content (AvgIpc) is 3.06. The quantitative estimate of drug-likeness (QED) is 0.929. The van der Waals surface area contributed by atoms with E-state index < -0.39 is 0 Å². The summed E-state index contributed by atoms with van der Waals surface area (Å²) < 4.78 is 7.34. The van der Waals surface area contributed by atoms with Crippen LogP contribution in [0.5, 0.6) is 0 Å². The number of nitrogens with one attached hydrogen (secondary N) is 1. The van der Waals surface area contributed by atoms with Crippen LogP contribution in [0.4, 0.5) is 4.79 Å². The normalized spacial score (nSPS) is 20.5. The number of urea groups is 1. The van der Waals surface area contributed by atoms with Gasteiger partial charge in [0.05, 0.1) is 17.5 Å². The van der Waals surface area contributed by atoms with Crippen LogP contribution in [-0.2, 0) is 11.3 Å². The molecule has 0 spiro atoms. The van der Waals surface area contributed by atoms with Crippen LogP contribution < -0.4 is 5.32 Å². The molecular weight excluding hydrogens is 316 g/mol. The highest BCUT2D eigenvalue weighted by Crippen LogP contribution is 2.20. The molecule has 2 heterocycles. The Balaban J connectivity index is 1.65. The van der Waals surface area contributed by atoms with Gasteiger partial charge in [-0.15, -0.1) is 0 Å². The second kappa shape index (κ2) is 7.70. The first-order chi connectivity index (χ1) is 12.1. The third-order valence-electron chi connectivity index (χ3n) is 4.87. The van der Waals surface area contributed by atoms with Gasteiger partial charge in [0.15, 0.2) is 0 Å². The van der Waals surface area contributed by atoms with Gasteiger partial charge in [-0.3, -0.25) is 0 Å². The van der Waals surface area contributed by atoms with E-state index in [1.807, 2.05) is 53.0 Å². The molecule has 2 amide bonds. The summed E-state index contributed by atoms with van der Waals surface area (Å²) in [7, 11) is 1.71. The van der Waals surface area contributed by atoms with E-state index in [9.17, 15) is 4.79 Å². The lowest BCUT2D eigenvalue weighted by Gasteiger charge is -2.36. The van der Waals surface area contributed by atoms with Crippen molar-refractivity contribution in [3.05, 3.63) is 47.8 Å². The number of nitrogens with zero attached hydrogens (tertiary/aromatic N) is 3. The maximum atomic E-state index is 12.5. The van der Waals surface area contributed by atoms with Crippen molar-refractivity contribution in [1.29, 1.82) is 0 Å². The van der Waals surface area contributed by atoms with E-state index in [2.05, 4.69) is 17.3 Å². The van der Waals surface area contributed by atoms with Crippen LogP contribution >= 0.6 is 0 Å². The van der Waals surface area contributed by atoms with Crippen LogP contribution in [0.2, 0.25) is 0 Å². The van der Waals surface area contributed by atoms with Gasteiger partial charge in [-0.2, -0.15) is 5.10 Å². The Kier molecular flexibility index (Phi) is 5.38. The van der Waals surface area contributed by atoms with E-state index in [-0.39, 0.29) is 12.1 Å². The minimum absolute atomic E-state index is 0.0413. The molecule has 1 aliphatic heterocycles. The summed E-state index contributed by atoms with van der Waals surface area (Å²) in [4.78, 5) is 14.4. The molecule has 0 aliphatic carbocycles. The number of methoxy groups -OCH3 is 1. The molecule has 1 aromatic carbocycles. The van der Waals surface area contributed by atoms with Crippen molar-refractivity contribution in [1.82, 2.24) is 20.0 Å². The Hall–Kier alpha value is -2.34. The molecule has 2 atom stereocenters. The minimum atomic E-state index is -0.0413. The predicted octanol–water partition coefficient (Wildman–Crippen LogP) is 2.75. The summed E-state index contributed by atoms with van der Waals surface area (Å²) in [6.45, 7) is 6.02. The summed E-state index contributed by atoms with van der Waals surface area (Å²) in [6.07, 6.45) is 3.01. The molecule has 1 N–H and O–H groups in total. The number of amides is 2. The van der Waals surface area contributed by atoms with Crippen molar-refractivity contribution in [3.63, 3.8) is 0 Å². The number of para-hydroxylation sites is 1.